The van der Waals surface area contributed by atoms with Crippen LogP contribution in [0.3, 0.4) is 0 Å². The summed E-state index contributed by atoms with van der Waals surface area (Å²) in [6.07, 6.45) is 8.35. The molecule has 0 fully saturated rings. The molecule has 4 nitrogen and oxygen atoms in total. The molecule has 0 unspecified atom stereocenters. The molecule has 5 heteroatoms. The van der Waals surface area contributed by atoms with Crippen LogP contribution in [-0.2, 0) is 6.54 Å². The molecule has 2 aromatic rings. The molecule has 0 atom stereocenters. The predicted molar refractivity (Wildman–Crippen MR) is 71.7 cm³/mol. The standard InChI is InChI=1S/C13H14ClN3O/c14-5-1-2-6-17-7-3-4-12(13(17)18)11-8-15-10-16-9-11/h3-4,7-10H,1-2,5-6H2. The van der Waals surface area contributed by atoms with Crippen LogP contribution in [0.15, 0.2) is 41.8 Å². The van der Waals surface area contributed by atoms with E-state index >= 15 is 0 Å². The van der Waals surface area contributed by atoms with Crippen LogP contribution in [0.5, 0.6) is 0 Å². The van der Waals surface area contributed by atoms with Crippen LogP contribution in [0, 0.1) is 0 Å². The summed E-state index contributed by atoms with van der Waals surface area (Å²) in [7, 11) is 0. The van der Waals surface area contributed by atoms with Gasteiger partial charge in [0.1, 0.15) is 6.33 Å². The molecule has 0 saturated carbocycles. The normalized spacial score (nSPS) is 10.5. The van der Waals surface area contributed by atoms with Crippen LogP contribution in [0.25, 0.3) is 11.1 Å². The molecule has 0 aliphatic rings. The van der Waals surface area contributed by atoms with Gasteiger partial charge in [0, 0.05) is 36.6 Å². The molecule has 0 radical (unpaired) electrons. The van der Waals surface area contributed by atoms with Crippen molar-refractivity contribution in [2.75, 3.05) is 5.88 Å². The molecule has 0 aliphatic carbocycles. The Morgan fingerprint density at radius 2 is 2.00 bits per heavy atom. The van der Waals surface area contributed by atoms with Crippen molar-refractivity contribution in [1.82, 2.24) is 14.5 Å². The first-order chi connectivity index (χ1) is 8.83. The first-order valence-corrected chi connectivity index (χ1v) is 6.37. The molecule has 18 heavy (non-hydrogen) atoms. The van der Waals surface area contributed by atoms with Crippen molar-refractivity contribution in [1.29, 1.82) is 0 Å². The Bertz CT molecular complexity index is 554. The molecule has 0 saturated heterocycles. The highest BCUT2D eigenvalue weighted by Gasteiger charge is 2.05. The van der Waals surface area contributed by atoms with E-state index in [0.29, 0.717) is 18.0 Å². The first kappa shape index (κ1) is 12.8. The van der Waals surface area contributed by atoms with Gasteiger partial charge in [-0.1, -0.05) is 0 Å². The summed E-state index contributed by atoms with van der Waals surface area (Å²) in [5.74, 6) is 0.626. The van der Waals surface area contributed by atoms with Gasteiger partial charge in [-0.15, -0.1) is 11.6 Å². The molecule has 0 amide bonds. The molecule has 0 spiro atoms. The van der Waals surface area contributed by atoms with Crippen molar-refractivity contribution < 1.29 is 0 Å². The van der Waals surface area contributed by atoms with Gasteiger partial charge in [-0.25, -0.2) is 9.97 Å². The number of alkyl halides is 1. The second-order valence-electron chi connectivity index (χ2n) is 3.94. The van der Waals surface area contributed by atoms with Crippen molar-refractivity contribution in [3.05, 3.63) is 47.4 Å². The third-order valence-corrected chi connectivity index (χ3v) is 2.94. The lowest BCUT2D eigenvalue weighted by Crippen LogP contribution is -2.21. The Morgan fingerprint density at radius 3 is 2.72 bits per heavy atom. The van der Waals surface area contributed by atoms with E-state index in [1.807, 2.05) is 6.07 Å². The zero-order valence-electron chi connectivity index (χ0n) is 9.92. The van der Waals surface area contributed by atoms with Gasteiger partial charge < -0.3 is 4.57 Å². The van der Waals surface area contributed by atoms with E-state index in [0.717, 1.165) is 18.4 Å². The molecule has 2 rings (SSSR count). The second kappa shape index (κ2) is 6.31. The van der Waals surface area contributed by atoms with Crippen LogP contribution < -0.4 is 5.56 Å². The molecular weight excluding hydrogens is 250 g/mol. The maximum atomic E-state index is 12.2. The zero-order chi connectivity index (χ0) is 12.8. The van der Waals surface area contributed by atoms with E-state index in [-0.39, 0.29) is 5.56 Å². The number of hydrogen-bond acceptors (Lipinski definition) is 3. The predicted octanol–water partition coefficient (Wildman–Crippen LogP) is 2.32. The van der Waals surface area contributed by atoms with Gasteiger partial charge in [0.05, 0.1) is 5.56 Å². The topological polar surface area (TPSA) is 47.8 Å². The number of hydrogen-bond donors (Lipinski definition) is 0. The molecule has 0 aliphatic heterocycles. The fourth-order valence-electron chi connectivity index (χ4n) is 1.75. The highest BCUT2D eigenvalue weighted by Crippen LogP contribution is 2.11. The van der Waals surface area contributed by atoms with Crippen LogP contribution in [0.1, 0.15) is 12.8 Å². The lowest BCUT2D eigenvalue weighted by atomic mass is 10.1. The quantitative estimate of drug-likeness (QED) is 0.614. The number of nitrogens with zero attached hydrogens (tertiary/aromatic N) is 3. The summed E-state index contributed by atoms with van der Waals surface area (Å²) in [5.41, 5.74) is 1.36. The van der Waals surface area contributed by atoms with Crippen LogP contribution in [0.4, 0.5) is 0 Å². The smallest absolute Gasteiger partial charge is 0.258 e. The SMILES string of the molecule is O=c1c(-c2cncnc2)cccn1CCCCCl. The molecule has 2 aromatic heterocycles. The highest BCUT2D eigenvalue weighted by atomic mass is 35.5. The van der Waals surface area contributed by atoms with E-state index in [9.17, 15) is 4.79 Å². The Labute approximate surface area is 110 Å². The number of unbranched alkanes of at least 4 members (excludes halogenated alkanes) is 1. The number of rotatable bonds is 5. The average Bonchev–Trinajstić information content (AvgIpc) is 2.42. The lowest BCUT2D eigenvalue weighted by molar-refractivity contribution is 0.616. The minimum absolute atomic E-state index is 0.0122. The number of aromatic nitrogens is 3. The number of pyridine rings is 1. The maximum Gasteiger partial charge on any atom is 0.258 e. The molecule has 2 heterocycles. The van der Waals surface area contributed by atoms with Gasteiger partial charge >= 0.3 is 0 Å². The van der Waals surface area contributed by atoms with Gasteiger partial charge in [-0.05, 0) is 25.0 Å². The van der Waals surface area contributed by atoms with E-state index in [1.54, 1.807) is 29.2 Å². The third kappa shape index (κ3) is 2.96. The lowest BCUT2D eigenvalue weighted by Gasteiger charge is -2.07. The van der Waals surface area contributed by atoms with Gasteiger partial charge in [0.15, 0.2) is 0 Å². The Balaban J connectivity index is 2.28. The minimum atomic E-state index is -0.0122. The first-order valence-electron chi connectivity index (χ1n) is 5.83. The largest absolute Gasteiger partial charge is 0.315 e. The summed E-state index contributed by atoms with van der Waals surface area (Å²) in [4.78, 5) is 20.1. The van der Waals surface area contributed by atoms with Crippen molar-refractivity contribution in [2.24, 2.45) is 0 Å². The summed E-state index contributed by atoms with van der Waals surface area (Å²) in [5, 5.41) is 0. The Morgan fingerprint density at radius 1 is 1.22 bits per heavy atom. The van der Waals surface area contributed by atoms with Crippen molar-refractivity contribution >= 4 is 11.6 Å². The van der Waals surface area contributed by atoms with Crippen LogP contribution >= 0.6 is 11.6 Å². The molecule has 0 aromatic carbocycles. The molecular formula is C13H14ClN3O. The summed E-state index contributed by atoms with van der Waals surface area (Å²) < 4.78 is 1.70. The van der Waals surface area contributed by atoms with Crippen LogP contribution in [-0.4, -0.2) is 20.4 Å². The Kier molecular flexibility index (Phi) is 4.47. The molecule has 0 bridgehead atoms. The third-order valence-electron chi connectivity index (χ3n) is 2.67. The summed E-state index contributed by atoms with van der Waals surface area (Å²) in [6, 6.07) is 3.66. The average molecular weight is 264 g/mol. The second-order valence-corrected chi connectivity index (χ2v) is 4.32. The minimum Gasteiger partial charge on any atom is -0.315 e. The fourth-order valence-corrected chi connectivity index (χ4v) is 1.94. The number of halogens is 1. The van der Waals surface area contributed by atoms with Crippen molar-refractivity contribution in [3.8, 4) is 11.1 Å². The summed E-state index contributed by atoms with van der Waals surface area (Å²) >= 11 is 5.63. The Hall–Kier alpha value is -1.68. The van der Waals surface area contributed by atoms with Crippen LogP contribution in [0.2, 0.25) is 0 Å². The van der Waals surface area contributed by atoms with Gasteiger partial charge in [-0.3, -0.25) is 4.79 Å². The highest BCUT2D eigenvalue weighted by molar-refractivity contribution is 6.17. The number of aryl methyl sites for hydroxylation is 1. The van der Waals surface area contributed by atoms with E-state index in [2.05, 4.69) is 9.97 Å². The van der Waals surface area contributed by atoms with E-state index < -0.39 is 0 Å². The van der Waals surface area contributed by atoms with Gasteiger partial charge in [0.2, 0.25) is 0 Å². The van der Waals surface area contributed by atoms with Crippen molar-refractivity contribution in [2.45, 2.75) is 19.4 Å². The van der Waals surface area contributed by atoms with Gasteiger partial charge in [-0.2, -0.15) is 0 Å². The van der Waals surface area contributed by atoms with Gasteiger partial charge in [0.25, 0.3) is 5.56 Å². The molecule has 0 N–H and O–H groups in total. The zero-order valence-corrected chi connectivity index (χ0v) is 10.7. The fraction of sp³-hybridized carbons (Fsp3) is 0.308. The monoisotopic (exact) mass is 263 g/mol. The maximum absolute atomic E-state index is 12.2. The summed E-state index contributed by atoms with van der Waals surface area (Å²) in [6.45, 7) is 0.688. The molecule has 94 valence electrons. The van der Waals surface area contributed by atoms with E-state index in [4.69, 9.17) is 11.6 Å². The van der Waals surface area contributed by atoms with E-state index in [1.165, 1.54) is 6.33 Å². The van der Waals surface area contributed by atoms with Crippen molar-refractivity contribution in [3.63, 3.8) is 0 Å².